The summed E-state index contributed by atoms with van der Waals surface area (Å²) in [6.45, 7) is 0.312. The Kier molecular flexibility index (Phi) is 5.45. The number of hydrogen-bond donors (Lipinski definition) is 5. The van der Waals surface area contributed by atoms with Crippen LogP contribution in [0.5, 0.6) is 5.75 Å². The van der Waals surface area contributed by atoms with E-state index >= 15 is 0 Å². The molecule has 7 nitrogen and oxygen atoms in total. The Morgan fingerprint density at radius 1 is 0.968 bits per heavy atom. The Hall–Kier alpha value is -2.42. The molecule has 2 aliphatic rings. The van der Waals surface area contributed by atoms with Gasteiger partial charge in [-0.15, -0.1) is 0 Å². The molecule has 164 valence electrons. The largest absolute Gasteiger partial charge is 0.493 e. The second kappa shape index (κ2) is 8.26. The molecule has 0 unspecified atom stereocenters. The van der Waals surface area contributed by atoms with E-state index in [9.17, 15) is 20.4 Å². The number of aliphatic hydroxyl groups is 4. The van der Waals surface area contributed by atoms with Gasteiger partial charge in [0.25, 0.3) is 0 Å². The van der Waals surface area contributed by atoms with Gasteiger partial charge in [-0.25, -0.2) is 0 Å². The van der Waals surface area contributed by atoms with Gasteiger partial charge in [-0.05, 0) is 53.3 Å². The summed E-state index contributed by atoms with van der Waals surface area (Å²) in [4.78, 5) is 3.29. The number of ether oxygens (including phenoxy) is 2. The Balaban J connectivity index is 1.38. The van der Waals surface area contributed by atoms with Crippen LogP contribution in [0.1, 0.15) is 28.4 Å². The minimum Gasteiger partial charge on any atom is -0.493 e. The van der Waals surface area contributed by atoms with Crippen LogP contribution in [0.3, 0.4) is 0 Å². The second-order valence-electron chi connectivity index (χ2n) is 8.41. The molecule has 1 fully saturated rings. The summed E-state index contributed by atoms with van der Waals surface area (Å²) >= 11 is 0. The third-order valence-corrected chi connectivity index (χ3v) is 6.45. The summed E-state index contributed by atoms with van der Waals surface area (Å²) in [6.07, 6.45) is -1.10. The maximum absolute atomic E-state index is 10.5. The number of fused-ring (bicyclic) bond motifs is 2. The van der Waals surface area contributed by atoms with Gasteiger partial charge < -0.3 is 34.9 Å². The van der Waals surface area contributed by atoms with E-state index in [1.165, 1.54) is 11.1 Å². The van der Waals surface area contributed by atoms with Gasteiger partial charge in [-0.1, -0.05) is 18.2 Å². The summed E-state index contributed by atoms with van der Waals surface area (Å²) in [7, 11) is 0. The van der Waals surface area contributed by atoms with Crippen LogP contribution < -0.4 is 4.74 Å². The summed E-state index contributed by atoms with van der Waals surface area (Å²) in [5.41, 5.74) is 5.36. The van der Waals surface area contributed by atoms with Crippen molar-refractivity contribution in [3.63, 3.8) is 0 Å². The molecule has 3 heterocycles. The molecule has 0 amide bonds. The van der Waals surface area contributed by atoms with Crippen molar-refractivity contribution in [3.05, 3.63) is 64.8 Å². The number of aryl methyl sites for hydroxylation is 2. The van der Waals surface area contributed by atoms with Crippen LogP contribution in [0, 0.1) is 0 Å². The second-order valence-corrected chi connectivity index (χ2v) is 8.41. The zero-order valence-electron chi connectivity index (χ0n) is 17.1. The lowest BCUT2D eigenvalue weighted by atomic mass is 9.90. The first kappa shape index (κ1) is 20.5. The van der Waals surface area contributed by atoms with Crippen LogP contribution in [-0.4, -0.2) is 63.0 Å². The third kappa shape index (κ3) is 3.73. The molecule has 2 aromatic carbocycles. The quantitative estimate of drug-likeness (QED) is 0.422. The third-order valence-electron chi connectivity index (χ3n) is 6.45. The molecule has 0 spiro atoms. The van der Waals surface area contributed by atoms with Crippen molar-refractivity contribution < 1.29 is 29.9 Å². The van der Waals surface area contributed by atoms with E-state index in [0.29, 0.717) is 5.56 Å². The predicted molar refractivity (Wildman–Crippen MR) is 114 cm³/mol. The fourth-order valence-electron chi connectivity index (χ4n) is 4.63. The lowest BCUT2D eigenvalue weighted by Gasteiger charge is -2.40. The average molecular weight is 425 g/mol. The molecule has 0 radical (unpaired) electrons. The van der Waals surface area contributed by atoms with Crippen molar-refractivity contribution in [2.24, 2.45) is 0 Å². The molecule has 1 aromatic heterocycles. The molecule has 0 saturated carbocycles. The topological polar surface area (TPSA) is 115 Å². The molecule has 1 saturated heterocycles. The van der Waals surface area contributed by atoms with E-state index in [2.05, 4.69) is 17.1 Å². The van der Waals surface area contributed by atoms with E-state index in [0.717, 1.165) is 48.1 Å². The van der Waals surface area contributed by atoms with Crippen LogP contribution >= 0.6 is 0 Å². The average Bonchev–Trinajstić information content (AvgIpc) is 3.42. The van der Waals surface area contributed by atoms with Crippen molar-refractivity contribution in [3.8, 4) is 5.75 Å². The highest BCUT2D eigenvalue weighted by molar-refractivity contribution is 5.84. The maximum Gasteiger partial charge on any atom is 0.122 e. The van der Waals surface area contributed by atoms with Gasteiger partial charge in [0, 0.05) is 23.5 Å². The SMILES string of the molecule is OC[C@H]1O[C@@H](c2ccc3[nH]cc(CCc4ccc5c(c4)CCO5)c3c2)[C@H](O)[C@@H](O)[C@@H]1O. The van der Waals surface area contributed by atoms with Gasteiger partial charge in [0.2, 0.25) is 0 Å². The van der Waals surface area contributed by atoms with Crippen LogP contribution in [-0.2, 0) is 24.0 Å². The molecule has 2 aliphatic heterocycles. The number of aromatic amines is 1. The number of benzene rings is 2. The first-order valence-corrected chi connectivity index (χ1v) is 10.7. The van der Waals surface area contributed by atoms with Gasteiger partial charge in [-0.2, -0.15) is 0 Å². The number of aliphatic hydroxyl groups excluding tert-OH is 4. The molecular weight excluding hydrogens is 398 g/mol. The van der Waals surface area contributed by atoms with Crippen LogP contribution in [0.4, 0.5) is 0 Å². The smallest absolute Gasteiger partial charge is 0.122 e. The zero-order chi connectivity index (χ0) is 21.5. The van der Waals surface area contributed by atoms with Gasteiger partial charge in [-0.3, -0.25) is 0 Å². The summed E-state index contributed by atoms with van der Waals surface area (Å²) in [5.74, 6) is 0.986. The number of hydrogen-bond acceptors (Lipinski definition) is 6. The Labute approximate surface area is 179 Å². The fourth-order valence-corrected chi connectivity index (χ4v) is 4.63. The van der Waals surface area contributed by atoms with E-state index in [1.54, 1.807) is 0 Å². The first-order chi connectivity index (χ1) is 15.0. The molecule has 3 aromatic rings. The standard InChI is InChI=1S/C24H27NO6/c26-12-20-21(27)22(28)23(29)24(31-20)15-4-5-18-17(10-15)16(11-25-18)3-1-13-2-6-19-14(9-13)7-8-30-19/h2,4-6,9-11,20-29H,1,3,7-8,12H2/t20-,21-,22+,23-,24+/m1/s1. The highest BCUT2D eigenvalue weighted by atomic mass is 16.5. The van der Waals surface area contributed by atoms with Crippen molar-refractivity contribution in [2.45, 2.75) is 49.8 Å². The fraction of sp³-hybridized carbons (Fsp3) is 0.417. The Morgan fingerprint density at radius 2 is 1.84 bits per heavy atom. The van der Waals surface area contributed by atoms with Gasteiger partial charge in [0.1, 0.15) is 36.3 Å². The van der Waals surface area contributed by atoms with Crippen molar-refractivity contribution in [2.75, 3.05) is 13.2 Å². The van der Waals surface area contributed by atoms with E-state index in [1.807, 2.05) is 30.5 Å². The molecule has 31 heavy (non-hydrogen) atoms. The molecule has 5 N–H and O–H groups in total. The van der Waals surface area contributed by atoms with E-state index < -0.39 is 37.1 Å². The molecule has 5 atom stereocenters. The van der Waals surface area contributed by atoms with Crippen molar-refractivity contribution >= 4 is 10.9 Å². The van der Waals surface area contributed by atoms with Gasteiger partial charge >= 0.3 is 0 Å². The summed E-state index contributed by atoms with van der Waals surface area (Å²) in [6, 6.07) is 12.1. The number of aromatic nitrogens is 1. The van der Waals surface area contributed by atoms with E-state index in [4.69, 9.17) is 9.47 Å². The molecular formula is C24H27NO6. The van der Waals surface area contributed by atoms with Crippen LogP contribution in [0.2, 0.25) is 0 Å². The molecule has 7 heteroatoms. The van der Waals surface area contributed by atoms with Crippen molar-refractivity contribution in [1.29, 1.82) is 0 Å². The lowest BCUT2D eigenvalue weighted by molar-refractivity contribution is -0.231. The van der Waals surface area contributed by atoms with Gasteiger partial charge in [0.05, 0.1) is 13.2 Å². The zero-order valence-corrected chi connectivity index (χ0v) is 17.1. The highest BCUT2D eigenvalue weighted by Crippen LogP contribution is 2.34. The molecule has 5 rings (SSSR count). The molecule has 0 bridgehead atoms. The first-order valence-electron chi connectivity index (χ1n) is 10.7. The van der Waals surface area contributed by atoms with Crippen molar-refractivity contribution in [1.82, 2.24) is 4.98 Å². The number of rotatable bonds is 5. The predicted octanol–water partition coefficient (Wildman–Crippen LogP) is 1.40. The molecule has 0 aliphatic carbocycles. The van der Waals surface area contributed by atoms with Gasteiger partial charge in [0.15, 0.2) is 0 Å². The summed E-state index contributed by atoms with van der Waals surface area (Å²) in [5, 5.41) is 41.1. The van der Waals surface area contributed by atoms with Crippen LogP contribution in [0.25, 0.3) is 10.9 Å². The minimum absolute atomic E-state index is 0.440. The summed E-state index contributed by atoms with van der Waals surface area (Å²) < 4.78 is 11.3. The highest BCUT2D eigenvalue weighted by Gasteiger charge is 2.43. The normalized spacial score (nSPS) is 27.9. The monoisotopic (exact) mass is 425 g/mol. The minimum atomic E-state index is -1.39. The maximum atomic E-state index is 10.5. The number of nitrogens with one attached hydrogen (secondary N) is 1. The Morgan fingerprint density at radius 3 is 2.68 bits per heavy atom. The lowest BCUT2D eigenvalue weighted by Crippen LogP contribution is -2.55. The Bertz CT molecular complexity index is 1080. The van der Waals surface area contributed by atoms with Crippen LogP contribution in [0.15, 0.2) is 42.6 Å². The number of H-pyrrole nitrogens is 1. The van der Waals surface area contributed by atoms with E-state index in [-0.39, 0.29) is 0 Å².